The Kier molecular flexibility index (Phi) is 25.9. The van der Waals surface area contributed by atoms with E-state index in [4.69, 9.17) is 22.4 Å². The minimum Gasteiger partial charge on any atom is -0.748 e. The molecule has 1 rings (SSSR count). The molecule has 0 aliphatic heterocycles. The summed E-state index contributed by atoms with van der Waals surface area (Å²) in [5.41, 5.74) is 0. The summed E-state index contributed by atoms with van der Waals surface area (Å²) in [7, 11) is -5.50. The summed E-state index contributed by atoms with van der Waals surface area (Å²) in [6.45, 7) is 4.01. The van der Waals surface area contributed by atoms with Crippen molar-refractivity contribution >= 4 is 20.0 Å². The number of nitrogens with zero attached hydrogens (tertiary/aromatic N) is 1. The number of pyridine rings is 1. The lowest BCUT2D eigenvalue weighted by Crippen LogP contribution is -2.34. The highest BCUT2D eigenvalue weighted by Gasteiger charge is 2.19. The molecule has 10 heteroatoms. The molecule has 0 aliphatic rings. The van der Waals surface area contributed by atoms with Crippen molar-refractivity contribution in [2.75, 3.05) is 38.1 Å². The summed E-state index contributed by atoms with van der Waals surface area (Å²) in [6, 6.07) is 5.86. The van der Waals surface area contributed by atoms with Gasteiger partial charge in [-0.05, 0) is 6.42 Å². The van der Waals surface area contributed by atoms with Crippen molar-refractivity contribution in [1.82, 2.24) is 0 Å². The number of hydrogen-bond acceptors (Lipinski definition) is 7. The number of rotatable bonds is 26. The number of aromatic nitrogens is 1. The number of sulfone groups is 1. The molecule has 1 heterocycles. The molecule has 0 aliphatic carbocycles. The maximum absolute atomic E-state index is 12.4. The first kappa shape index (κ1) is 39.9. The molecule has 41 heavy (non-hydrogen) atoms. The van der Waals surface area contributed by atoms with Crippen molar-refractivity contribution in [2.45, 2.75) is 129 Å². The second-order valence-corrected chi connectivity index (χ2v) is 14.7. The predicted molar refractivity (Wildman–Crippen MR) is 167 cm³/mol. The highest BCUT2D eigenvalue weighted by atomic mass is 32.2. The van der Waals surface area contributed by atoms with Crippen molar-refractivity contribution in [2.24, 2.45) is 0 Å². The molecule has 0 N–H and O–H groups in total. The van der Waals surface area contributed by atoms with Gasteiger partial charge in [-0.15, -0.1) is 0 Å². The second-order valence-electron chi connectivity index (χ2n) is 11.0. The largest absolute Gasteiger partial charge is 0.748 e. The van der Waals surface area contributed by atoms with Crippen LogP contribution < -0.4 is 4.57 Å². The van der Waals surface area contributed by atoms with Crippen molar-refractivity contribution in [3.63, 3.8) is 0 Å². The normalized spacial score (nSPS) is 12.6. The Morgan fingerprint density at radius 1 is 0.707 bits per heavy atom. The Labute approximate surface area is 252 Å². The second kappa shape index (κ2) is 26.5. The molecule has 0 amide bonds. The van der Waals surface area contributed by atoms with Gasteiger partial charge in [0.25, 0.3) is 0 Å². The lowest BCUT2D eigenvalue weighted by molar-refractivity contribution is -0.696. The molecular formula is C31H59NO7S2. The van der Waals surface area contributed by atoms with Gasteiger partial charge in [-0.3, -0.25) is 0 Å². The van der Waals surface area contributed by atoms with Gasteiger partial charge in [0.15, 0.2) is 22.2 Å². The molecule has 242 valence electrons. The molecule has 0 saturated carbocycles. The summed E-state index contributed by atoms with van der Waals surface area (Å²) >= 11 is 0. The van der Waals surface area contributed by atoms with Crippen molar-refractivity contribution in [3.8, 4) is 0 Å². The van der Waals surface area contributed by atoms with Gasteiger partial charge < -0.3 is 14.0 Å². The van der Waals surface area contributed by atoms with E-state index < -0.39 is 20.0 Å². The summed E-state index contributed by atoms with van der Waals surface area (Å²) in [6.07, 6.45) is 26.4. The van der Waals surface area contributed by atoms with Crippen LogP contribution in [0, 0.1) is 0 Å². The topological polar surface area (TPSA) is 114 Å². The van der Waals surface area contributed by atoms with E-state index in [1.54, 1.807) is 7.11 Å². The van der Waals surface area contributed by atoms with Crippen LogP contribution in [0.15, 0.2) is 30.6 Å². The molecule has 1 aromatic heterocycles. The lowest BCUT2D eigenvalue weighted by atomic mass is 10.0. The number of ether oxygens (including phenoxy) is 2. The molecule has 0 aromatic carbocycles. The van der Waals surface area contributed by atoms with E-state index in [1.165, 1.54) is 96.3 Å². The Hall–Kier alpha value is -1.07. The van der Waals surface area contributed by atoms with E-state index in [0.29, 0.717) is 32.4 Å². The van der Waals surface area contributed by atoms with Crippen LogP contribution in [0.25, 0.3) is 0 Å². The number of aryl methyl sites for hydroxylation is 1. The van der Waals surface area contributed by atoms with E-state index in [2.05, 4.69) is 6.92 Å². The van der Waals surface area contributed by atoms with Gasteiger partial charge in [-0.2, -0.15) is 0 Å². The highest BCUT2D eigenvalue weighted by molar-refractivity contribution is 7.91. The molecule has 0 fully saturated rings. The van der Waals surface area contributed by atoms with Gasteiger partial charge in [0, 0.05) is 38.5 Å². The van der Waals surface area contributed by atoms with Crippen LogP contribution in [0.5, 0.6) is 0 Å². The average Bonchev–Trinajstić information content (AvgIpc) is 2.91. The van der Waals surface area contributed by atoms with Gasteiger partial charge in [0.2, 0.25) is 0 Å². The van der Waals surface area contributed by atoms with E-state index in [-0.39, 0.29) is 17.6 Å². The number of hydrogen-bond donors (Lipinski definition) is 0. The van der Waals surface area contributed by atoms with E-state index >= 15 is 0 Å². The molecule has 0 spiro atoms. The van der Waals surface area contributed by atoms with Crippen molar-refractivity contribution in [1.29, 1.82) is 0 Å². The SMILES string of the molecule is CCCCCCCCCCCCCCCCCCOCC(CS(=O)(=O)CCC[n+]1ccccc1)OC.CS(=O)(=O)[O-]. The quantitative estimate of drug-likeness (QED) is 0.0684. The van der Waals surface area contributed by atoms with E-state index in [9.17, 15) is 8.42 Å². The summed E-state index contributed by atoms with van der Waals surface area (Å²) in [4.78, 5) is 0. The van der Waals surface area contributed by atoms with Gasteiger partial charge >= 0.3 is 0 Å². The third-order valence-corrected chi connectivity index (χ3v) is 8.66. The average molecular weight is 622 g/mol. The molecule has 0 saturated heterocycles. The molecular weight excluding hydrogens is 562 g/mol. The van der Waals surface area contributed by atoms with Crippen LogP contribution in [-0.4, -0.2) is 65.6 Å². The van der Waals surface area contributed by atoms with E-state index in [0.717, 1.165) is 6.42 Å². The zero-order valence-electron chi connectivity index (χ0n) is 26.1. The van der Waals surface area contributed by atoms with Crippen LogP contribution in [-0.2, 0) is 36.0 Å². The number of unbranched alkanes of at least 4 members (excludes halogenated alkanes) is 15. The first-order chi connectivity index (χ1) is 19.6. The summed E-state index contributed by atoms with van der Waals surface area (Å²) in [5.74, 6) is 0.204. The van der Waals surface area contributed by atoms with Gasteiger partial charge in [0.1, 0.15) is 6.54 Å². The van der Waals surface area contributed by atoms with Crippen LogP contribution in [0.2, 0.25) is 0 Å². The van der Waals surface area contributed by atoms with Gasteiger partial charge in [-0.1, -0.05) is 109 Å². The Bertz CT molecular complexity index is 902. The Balaban J connectivity index is 0.00000292. The maximum atomic E-state index is 12.4. The molecule has 1 atom stereocenters. The Morgan fingerprint density at radius 3 is 1.59 bits per heavy atom. The Morgan fingerprint density at radius 2 is 1.15 bits per heavy atom. The first-order valence-electron chi connectivity index (χ1n) is 15.7. The molecule has 8 nitrogen and oxygen atoms in total. The molecule has 0 radical (unpaired) electrons. The van der Waals surface area contributed by atoms with Crippen LogP contribution in [0.4, 0.5) is 0 Å². The summed E-state index contributed by atoms with van der Waals surface area (Å²) < 4.78 is 65.2. The fraction of sp³-hybridized carbons (Fsp3) is 0.839. The smallest absolute Gasteiger partial charge is 0.168 e. The molecule has 1 unspecified atom stereocenters. The minimum atomic E-state index is -3.92. The van der Waals surface area contributed by atoms with Crippen LogP contribution in [0.1, 0.15) is 116 Å². The van der Waals surface area contributed by atoms with Gasteiger partial charge in [-0.25, -0.2) is 21.4 Å². The predicted octanol–water partition coefficient (Wildman–Crippen LogP) is 6.23. The van der Waals surface area contributed by atoms with Gasteiger partial charge in [0.05, 0.1) is 34.3 Å². The monoisotopic (exact) mass is 621 g/mol. The molecule has 0 bridgehead atoms. The van der Waals surface area contributed by atoms with Crippen molar-refractivity contribution in [3.05, 3.63) is 30.6 Å². The fourth-order valence-electron chi connectivity index (χ4n) is 4.57. The molecule has 1 aromatic rings. The lowest BCUT2D eigenvalue weighted by Gasteiger charge is -2.15. The van der Waals surface area contributed by atoms with Crippen LogP contribution in [0.3, 0.4) is 0 Å². The third kappa shape index (κ3) is 31.7. The fourth-order valence-corrected chi connectivity index (χ4v) is 6.10. The third-order valence-electron chi connectivity index (χ3n) is 6.87. The van der Waals surface area contributed by atoms with E-state index in [1.807, 2.05) is 35.2 Å². The zero-order chi connectivity index (χ0) is 30.7. The minimum absolute atomic E-state index is 0.0297. The zero-order valence-corrected chi connectivity index (χ0v) is 27.8. The van der Waals surface area contributed by atoms with Crippen molar-refractivity contribution < 1.29 is 35.4 Å². The summed E-state index contributed by atoms with van der Waals surface area (Å²) in [5, 5.41) is 0. The highest BCUT2D eigenvalue weighted by Crippen LogP contribution is 2.14. The number of methoxy groups -OCH3 is 1. The first-order valence-corrected chi connectivity index (χ1v) is 19.4. The standard InChI is InChI=1S/C30H56NO4S.CH4O3S/c1-3-4-5-6-7-8-9-10-11-12-13-14-15-16-17-21-26-35-28-30(34-2)29-36(32,33)27-22-25-31-23-19-18-20-24-31;1-5(2,3)4/h18-20,23-24,30H,3-17,21-22,25-29H2,1-2H3;1H3,(H,2,3,4)/q+1;/p-1. The maximum Gasteiger partial charge on any atom is 0.168 e. The van der Waals surface area contributed by atoms with Crippen LogP contribution >= 0.6 is 0 Å².